The standard InChI is InChI=1S/C17H14O7/c1-24-17(23)11(9-2-4-12(18)15(21)6-9)8-14(20)10-3-5-13(19)16(22)7-10/h2-8,18-19,21-22H,1H3/b11-8-. The van der Waals surface area contributed by atoms with Crippen molar-refractivity contribution in [2.24, 2.45) is 0 Å². The zero-order chi connectivity index (χ0) is 17.9. The molecule has 2 aromatic rings. The van der Waals surface area contributed by atoms with E-state index in [1.165, 1.54) is 12.1 Å². The topological polar surface area (TPSA) is 124 Å². The Kier molecular flexibility index (Phi) is 4.74. The summed E-state index contributed by atoms with van der Waals surface area (Å²) in [7, 11) is 1.13. The highest BCUT2D eigenvalue weighted by Crippen LogP contribution is 2.30. The van der Waals surface area contributed by atoms with Gasteiger partial charge in [0.15, 0.2) is 28.8 Å². The van der Waals surface area contributed by atoms with Gasteiger partial charge in [-0.15, -0.1) is 0 Å². The zero-order valence-corrected chi connectivity index (χ0v) is 12.6. The Balaban J connectivity index is 2.48. The second-order valence-corrected chi connectivity index (χ2v) is 4.82. The fourth-order valence-electron chi connectivity index (χ4n) is 1.95. The largest absolute Gasteiger partial charge is 0.504 e. The van der Waals surface area contributed by atoms with Gasteiger partial charge in [0.25, 0.3) is 0 Å². The zero-order valence-electron chi connectivity index (χ0n) is 12.6. The number of phenolic OH excluding ortho intramolecular Hbond substituents is 4. The molecule has 0 aliphatic carbocycles. The number of aromatic hydroxyl groups is 4. The number of hydrogen-bond acceptors (Lipinski definition) is 7. The first-order valence-corrected chi connectivity index (χ1v) is 6.72. The van der Waals surface area contributed by atoms with Crippen molar-refractivity contribution < 1.29 is 34.8 Å². The highest BCUT2D eigenvalue weighted by atomic mass is 16.5. The number of ketones is 1. The summed E-state index contributed by atoms with van der Waals surface area (Å²) in [5.74, 6) is -3.15. The van der Waals surface area contributed by atoms with Gasteiger partial charge in [0.05, 0.1) is 12.7 Å². The average Bonchev–Trinajstić information content (AvgIpc) is 2.56. The van der Waals surface area contributed by atoms with Crippen molar-refractivity contribution in [3.05, 3.63) is 53.6 Å². The number of ether oxygens (including phenoxy) is 1. The molecule has 0 bridgehead atoms. The van der Waals surface area contributed by atoms with Gasteiger partial charge in [-0.2, -0.15) is 0 Å². The van der Waals surface area contributed by atoms with Gasteiger partial charge in [0.1, 0.15) is 0 Å². The Morgan fingerprint density at radius 2 is 1.33 bits per heavy atom. The van der Waals surface area contributed by atoms with E-state index >= 15 is 0 Å². The maximum Gasteiger partial charge on any atom is 0.338 e. The van der Waals surface area contributed by atoms with Crippen molar-refractivity contribution in [1.82, 2.24) is 0 Å². The van der Waals surface area contributed by atoms with E-state index in [2.05, 4.69) is 4.74 Å². The molecular formula is C17H14O7. The molecule has 0 heterocycles. The minimum Gasteiger partial charge on any atom is -0.504 e. The molecule has 0 unspecified atom stereocenters. The normalized spacial score (nSPS) is 11.1. The number of methoxy groups -OCH3 is 1. The second kappa shape index (κ2) is 6.74. The second-order valence-electron chi connectivity index (χ2n) is 4.82. The average molecular weight is 330 g/mol. The lowest BCUT2D eigenvalue weighted by molar-refractivity contribution is -0.133. The van der Waals surface area contributed by atoms with Crippen LogP contribution in [0.15, 0.2) is 42.5 Å². The van der Waals surface area contributed by atoms with Gasteiger partial charge >= 0.3 is 5.97 Å². The molecule has 0 spiro atoms. The Hall–Kier alpha value is -3.48. The lowest BCUT2D eigenvalue weighted by atomic mass is 10.0. The van der Waals surface area contributed by atoms with Gasteiger partial charge in [0, 0.05) is 11.6 Å². The summed E-state index contributed by atoms with van der Waals surface area (Å²) in [4.78, 5) is 24.2. The third-order valence-corrected chi connectivity index (χ3v) is 3.23. The van der Waals surface area contributed by atoms with Crippen LogP contribution < -0.4 is 0 Å². The van der Waals surface area contributed by atoms with Crippen molar-refractivity contribution in [1.29, 1.82) is 0 Å². The Morgan fingerprint density at radius 1 is 0.833 bits per heavy atom. The van der Waals surface area contributed by atoms with Crippen LogP contribution in [0.25, 0.3) is 5.57 Å². The predicted octanol–water partition coefficient (Wildman–Crippen LogP) is 1.95. The number of rotatable bonds is 4. The van der Waals surface area contributed by atoms with E-state index < -0.39 is 23.3 Å². The molecule has 7 heteroatoms. The van der Waals surface area contributed by atoms with Crippen molar-refractivity contribution in [3.8, 4) is 23.0 Å². The molecule has 0 fully saturated rings. The first-order valence-electron chi connectivity index (χ1n) is 6.72. The lowest BCUT2D eigenvalue weighted by Gasteiger charge is -2.07. The molecule has 0 aliphatic rings. The predicted molar refractivity (Wildman–Crippen MR) is 83.9 cm³/mol. The van der Waals surface area contributed by atoms with Crippen LogP contribution in [0.4, 0.5) is 0 Å². The van der Waals surface area contributed by atoms with E-state index in [4.69, 9.17) is 0 Å². The van der Waals surface area contributed by atoms with E-state index in [1.807, 2.05) is 0 Å². The number of benzene rings is 2. The Morgan fingerprint density at radius 3 is 1.83 bits per heavy atom. The number of esters is 1. The maximum absolute atomic E-state index is 12.3. The number of phenols is 4. The molecule has 7 nitrogen and oxygen atoms in total. The van der Waals surface area contributed by atoms with Crippen LogP contribution in [0.1, 0.15) is 15.9 Å². The van der Waals surface area contributed by atoms with Crippen LogP contribution in [-0.2, 0) is 9.53 Å². The van der Waals surface area contributed by atoms with Crippen LogP contribution in [-0.4, -0.2) is 39.3 Å². The summed E-state index contributed by atoms with van der Waals surface area (Å²) in [6.07, 6.45) is 0.976. The first kappa shape index (κ1) is 16.9. The van der Waals surface area contributed by atoms with E-state index in [0.717, 1.165) is 37.5 Å². The molecule has 2 rings (SSSR count). The van der Waals surface area contributed by atoms with Gasteiger partial charge in [-0.3, -0.25) is 4.79 Å². The highest BCUT2D eigenvalue weighted by molar-refractivity contribution is 6.24. The summed E-state index contributed by atoms with van der Waals surface area (Å²) >= 11 is 0. The monoisotopic (exact) mass is 330 g/mol. The summed E-state index contributed by atoms with van der Waals surface area (Å²) in [6.45, 7) is 0. The molecule has 0 aromatic heterocycles. The van der Waals surface area contributed by atoms with Crippen LogP contribution in [0.5, 0.6) is 23.0 Å². The first-order chi connectivity index (χ1) is 11.3. The number of carbonyl (C=O) groups is 2. The molecule has 0 aliphatic heterocycles. The fraction of sp³-hybridized carbons (Fsp3) is 0.0588. The van der Waals surface area contributed by atoms with Gasteiger partial charge in [-0.05, 0) is 35.9 Å². The molecule has 4 N–H and O–H groups in total. The number of carbonyl (C=O) groups excluding carboxylic acids is 2. The molecular weight excluding hydrogens is 316 g/mol. The summed E-state index contributed by atoms with van der Waals surface area (Å²) in [5.41, 5.74) is 0.0496. The molecule has 2 aromatic carbocycles. The minimum atomic E-state index is -0.823. The summed E-state index contributed by atoms with van der Waals surface area (Å²) in [6, 6.07) is 7.08. The van der Waals surface area contributed by atoms with Gasteiger partial charge < -0.3 is 25.2 Å². The maximum atomic E-state index is 12.3. The SMILES string of the molecule is COC(=O)/C(=C\C(=O)c1ccc(O)c(O)c1)c1ccc(O)c(O)c1. The molecule has 0 atom stereocenters. The van der Waals surface area contributed by atoms with Crippen molar-refractivity contribution in [2.45, 2.75) is 0 Å². The lowest BCUT2D eigenvalue weighted by Crippen LogP contribution is -2.07. The third kappa shape index (κ3) is 3.46. The molecule has 0 amide bonds. The van der Waals surface area contributed by atoms with Gasteiger partial charge in [0.2, 0.25) is 0 Å². The molecule has 0 radical (unpaired) electrons. The van der Waals surface area contributed by atoms with Crippen LogP contribution >= 0.6 is 0 Å². The molecule has 24 heavy (non-hydrogen) atoms. The Bertz CT molecular complexity index is 837. The van der Waals surface area contributed by atoms with E-state index in [9.17, 15) is 30.0 Å². The van der Waals surface area contributed by atoms with E-state index in [1.54, 1.807) is 0 Å². The minimum absolute atomic E-state index is 0.0368. The highest BCUT2D eigenvalue weighted by Gasteiger charge is 2.17. The number of hydrogen-bond donors (Lipinski definition) is 4. The van der Waals surface area contributed by atoms with Crippen LogP contribution in [0.3, 0.4) is 0 Å². The molecule has 0 saturated heterocycles. The van der Waals surface area contributed by atoms with Gasteiger partial charge in [-0.25, -0.2) is 4.79 Å². The van der Waals surface area contributed by atoms with Crippen LogP contribution in [0.2, 0.25) is 0 Å². The summed E-state index contributed by atoms with van der Waals surface area (Å²) in [5, 5.41) is 37.6. The quantitative estimate of drug-likeness (QED) is 0.292. The number of allylic oxidation sites excluding steroid dienone is 1. The van der Waals surface area contributed by atoms with Crippen molar-refractivity contribution in [3.63, 3.8) is 0 Å². The summed E-state index contributed by atoms with van der Waals surface area (Å²) < 4.78 is 4.62. The van der Waals surface area contributed by atoms with Crippen LogP contribution in [0, 0.1) is 0 Å². The van der Waals surface area contributed by atoms with E-state index in [-0.39, 0.29) is 28.2 Å². The van der Waals surface area contributed by atoms with Crippen molar-refractivity contribution >= 4 is 17.3 Å². The smallest absolute Gasteiger partial charge is 0.338 e. The molecule has 124 valence electrons. The van der Waals surface area contributed by atoms with Crippen molar-refractivity contribution in [2.75, 3.05) is 7.11 Å². The molecule has 0 saturated carbocycles. The third-order valence-electron chi connectivity index (χ3n) is 3.23. The van der Waals surface area contributed by atoms with Gasteiger partial charge in [-0.1, -0.05) is 6.07 Å². The Labute approximate surface area is 136 Å². The fourth-order valence-corrected chi connectivity index (χ4v) is 1.95. The van der Waals surface area contributed by atoms with E-state index in [0.29, 0.717) is 0 Å².